The van der Waals surface area contributed by atoms with E-state index in [1.54, 1.807) is 0 Å². The number of benzene rings is 1. The Morgan fingerprint density at radius 3 is 2.61 bits per heavy atom. The third kappa shape index (κ3) is 2.13. The monoisotopic (exact) mass is 244 g/mol. The fourth-order valence-corrected chi connectivity index (χ4v) is 2.15. The topological polar surface area (TPSA) is 38.0 Å². The van der Waals surface area contributed by atoms with Crippen LogP contribution in [0.25, 0.3) is 11.3 Å². The summed E-state index contributed by atoms with van der Waals surface area (Å²) in [5.41, 5.74) is 3.73. The van der Waals surface area contributed by atoms with Gasteiger partial charge in [-0.3, -0.25) is 4.68 Å². The highest BCUT2D eigenvalue weighted by Gasteiger charge is 2.16. The lowest BCUT2D eigenvalue weighted by atomic mass is 10.1. The molecule has 1 aromatic heterocycles. The predicted molar refractivity (Wildman–Crippen MR) is 73.8 cm³/mol. The largest absolute Gasteiger partial charge is 0.504 e. The quantitative estimate of drug-likeness (QED) is 0.893. The molecule has 1 N–H and O–H groups in total. The van der Waals surface area contributed by atoms with Crippen molar-refractivity contribution in [2.45, 2.75) is 40.2 Å². The van der Waals surface area contributed by atoms with Crippen molar-refractivity contribution in [3.63, 3.8) is 0 Å². The Kier molecular flexibility index (Phi) is 3.41. The Morgan fingerprint density at radius 2 is 2.06 bits per heavy atom. The van der Waals surface area contributed by atoms with Gasteiger partial charge in [0.2, 0.25) is 0 Å². The lowest BCUT2D eigenvalue weighted by Crippen LogP contribution is -2.04. The maximum Gasteiger partial charge on any atom is 0.164 e. The lowest BCUT2D eigenvalue weighted by Gasteiger charge is -2.06. The van der Waals surface area contributed by atoms with E-state index in [1.165, 1.54) is 5.56 Å². The minimum atomic E-state index is 0.249. The molecular weight excluding hydrogens is 224 g/mol. The molecule has 3 heteroatoms. The second kappa shape index (κ2) is 4.84. The molecule has 0 spiro atoms. The molecule has 0 bridgehead atoms. The molecule has 0 radical (unpaired) electrons. The van der Waals surface area contributed by atoms with Crippen molar-refractivity contribution in [3.8, 4) is 17.0 Å². The predicted octanol–water partition coefficient (Wildman–Crippen LogP) is 3.71. The van der Waals surface area contributed by atoms with E-state index in [0.717, 1.165) is 17.7 Å². The van der Waals surface area contributed by atoms with Crippen molar-refractivity contribution in [2.75, 3.05) is 0 Å². The second-order valence-electron chi connectivity index (χ2n) is 4.87. The van der Waals surface area contributed by atoms with Gasteiger partial charge in [0.25, 0.3) is 0 Å². The molecule has 96 valence electrons. The summed E-state index contributed by atoms with van der Waals surface area (Å²) in [6.45, 7) is 8.14. The van der Waals surface area contributed by atoms with Gasteiger partial charge in [0.05, 0.1) is 5.69 Å². The van der Waals surface area contributed by atoms with Gasteiger partial charge in [-0.2, -0.15) is 5.10 Å². The first-order valence-corrected chi connectivity index (χ1v) is 6.42. The van der Waals surface area contributed by atoms with Gasteiger partial charge in [-0.15, -0.1) is 0 Å². The summed E-state index contributed by atoms with van der Waals surface area (Å²) in [6, 6.07) is 8.43. The molecular formula is C15H20N2O. The molecule has 0 aliphatic carbocycles. The van der Waals surface area contributed by atoms with Gasteiger partial charge >= 0.3 is 0 Å². The van der Waals surface area contributed by atoms with Crippen molar-refractivity contribution in [1.29, 1.82) is 0 Å². The van der Waals surface area contributed by atoms with Crippen LogP contribution in [-0.4, -0.2) is 14.9 Å². The smallest absolute Gasteiger partial charge is 0.164 e. The van der Waals surface area contributed by atoms with Crippen LogP contribution in [0.5, 0.6) is 5.75 Å². The van der Waals surface area contributed by atoms with Gasteiger partial charge in [-0.05, 0) is 38.8 Å². The third-order valence-electron chi connectivity index (χ3n) is 3.22. The molecule has 2 aromatic rings. The molecule has 0 atom stereocenters. The van der Waals surface area contributed by atoms with Crippen molar-refractivity contribution in [1.82, 2.24) is 9.78 Å². The van der Waals surface area contributed by atoms with Crippen LogP contribution < -0.4 is 0 Å². The Hall–Kier alpha value is -1.77. The van der Waals surface area contributed by atoms with Gasteiger partial charge in [0.1, 0.15) is 5.69 Å². The van der Waals surface area contributed by atoms with Gasteiger partial charge in [0.15, 0.2) is 5.75 Å². The van der Waals surface area contributed by atoms with E-state index in [-0.39, 0.29) is 11.8 Å². The molecule has 0 unspecified atom stereocenters. The minimum Gasteiger partial charge on any atom is -0.504 e. The maximum absolute atomic E-state index is 10.2. The molecule has 0 saturated heterocycles. The Labute approximate surface area is 108 Å². The highest BCUT2D eigenvalue weighted by molar-refractivity contribution is 5.67. The van der Waals surface area contributed by atoms with E-state index in [1.807, 2.05) is 23.7 Å². The average molecular weight is 244 g/mol. The fourth-order valence-electron chi connectivity index (χ4n) is 2.15. The molecule has 1 heterocycles. The van der Waals surface area contributed by atoms with Gasteiger partial charge < -0.3 is 5.11 Å². The van der Waals surface area contributed by atoms with Crippen LogP contribution in [0.4, 0.5) is 0 Å². The second-order valence-corrected chi connectivity index (χ2v) is 4.87. The fraction of sp³-hybridized carbons (Fsp3) is 0.400. The summed E-state index contributed by atoms with van der Waals surface area (Å²) >= 11 is 0. The molecule has 0 fully saturated rings. The van der Waals surface area contributed by atoms with Crippen molar-refractivity contribution in [2.24, 2.45) is 0 Å². The minimum absolute atomic E-state index is 0.249. The molecule has 0 aliphatic rings. The van der Waals surface area contributed by atoms with Crippen LogP contribution in [0.3, 0.4) is 0 Å². The summed E-state index contributed by atoms with van der Waals surface area (Å²) in [5.74, 6) is 0.289. The highest BCUT2D eigenvalue weighted by atomic mass is 16.3. The van der Waals surface area contributed by atoms with Crippen LogP contribution in [0, 0.1) is 6.92 Å². The van der Waals surface area contributed by atoms with E-state index < -0.39 is 0 Å². The van der Waals surface area contributed by atoms with Crippen LogP contribution in [-0.2, 0) is 6.42 Å². The highest BCUT2D eigenvalue weighted by Crippen LogP contribution is 2.32. The Morgan fingerprint density at radius 1 is 1.33 bits per heavy atom. The molecule has 0 saturated carbocycles. The first kappa shape index (κ1) is 12.7. The summed E-state index contributed by atoms with van der Waals surface area (Å²) in [6.07, 6.45) is 0.985. The molecule has 3 nitrogen and oxygen atoms in total. The number of aromatic nitrogens is 2. The Balaban J connectivity index is 2.53. The zero-order chi connectivity index (χ0) is 13.3. The molecule has 1 aromatic carbocycles. The van der Waals surface area contributed by atoms with E-state index in [2.05, 4.69) is 38.0 Å². The normalized spacial score (nSPS) is 11.2. The third-order valence-corrected chi connectivity index (χ3v) is 3.22. The average Bonchev–Trinajstić information content (AvgIpc) is 2.67. The number of aromatic hydroxyl groups is 1. The molecule has 18 heavy (non-hydrogen) atoms. The summed E-state index contributed by atoms with van der Waals surface area (Å²) < 4.78 is 1.86. The molecule has 0 amide bonds. The number of hydrogen-bond donors (Lipinski definition) is 1. The lowest BCUT2D eigenvalue weighted by molar-refractivity contribution is 0.461. The maximum atomic E-state index is 10.2. The standard InChI is InChI=1S/C15H20N2O/c1-5-12-7-6-8-13(9-12)14-15(18)11(4)17(16-14)10(2)3/h6-10,18H,5H2,1-4H3. The number of aryl methyl sites for hydroxylation is 1. The van der Waals surface area contributed by atoms with Gasteiger partial charge in [-0.25, -0.2) is 0 Å². The van der Waals surface area contributed by atoms with E-state index in [9.17, 15) is 5.11 Å². The van der Waals surface area contributed by atoms with E-state index in [0.29, 0.717) is 5.69 Å². The zero-order valence-corrected chi connectivity index (χ0v) is 11.4. The Bertz CT molecular complexity index is 556. The summed E-state index contributed by atoms with van der Waals surface area (Å²) in [5, 5.41) is 14.7. The van der Waals surface area contributed by atoms with E-state index >= 15 is 0 Å². The number of hydrogen-bond acceptors (Lipinski definition) is 2. The molecule has 2 rings (SSSR count). The van der Waals surface area contributed by atoms with Crippen LogP contribution in [0.1, 0.15) is 38.1 Å². The van der Waals surface area contributed by atoms with Crippen molar-refractivity contribution >= 4 is 0 Å². The first-order valence-electron chi connectivity index (χ1n) is 6.42. The van der Waals surface area contributed by atoms with Crippen LogP contribution in [0.15, 0.2) is 24.3 Å². The number of nitrogens with zero attached hydrogens (tertiary/aromatic N) is 2. The first-order chi connectivity index (χ1) is 8.54. The van der Waals surface area contributed by atoms with Crippen molar-refractivity contribution in [3.05, 3.63) is 35.5 Å². The van der Waals surface area contributed by atoms with Crippen LogP contribution >= 0.6 is 0 Å². The molecule has 0 aliphatic heterocycles. The van der Waals surface area contributed by atoms with Gasteiger partial charge in [0, 0.05) is 11.6 Å². The van der Waals surface area contributed by atoms with E-state index in [4.69, 9.17) is 0 Å². The number of rotatable bonds is 3. The van der Waals surface area contributed by atoms with Crippen LogP contribution in [0.2, 0.25) is 0 Å². The van der Waals surface area contributed by atoms with Crippen molar-refractivity contribution < 1.29 is 5.11 Å². The van der Waals surface area contributed by atoms with Gasteiger partial charge in [-0.1, -0.05) is 25.1 Å². The summed E-state index contributed by atoms with van der Waals surface area (Å²) in [4.78, 5) is 0. The summed E-state index contributed by atoms with van der Waals surface area (Å²) in [7, 11) is 0. The zero-order valence-electron chi connectivity index (χ0n) is 11.4. The SMILES string of the molecule is CCc1cccc(-c2nn(C(C)C)c(C)c2O)c1.